The van der Waals surface area contributed by atoms with E-state index in [4.69, 9.17) is 18.9 Å². The molecule has 12 heteroatoms. The van der Waals surface area contributed by atoms with E-state index in [2.05, 4.69) is 49.6 Å². The Kier molecular flexibility index (Phi) is 10.9. The molecule has 1 aromatic heterocycles. The van der Waals surface area contributed by atoms with Crippen LogP contribution in [0.1, 0.15) is 56.0 Å². The molecular weight excluding hydrogens is 797 g/mol. The van der Waals surface area contributed by atoms with E-state index in [0.717, 1.165) is 14.7 Å². The lowest BCUT2D eigenvalue weighted by Crippen LogP contribution is -2.40. The van der Waals surface area contributed by atoms with Crippen molar-refractivity contribution in [2.45, 2.75) is 46.4 Å². The fourth-order valence-electron chi connectivity index (χ4n) is 5.17. The van der Waals surface area contributed by atoms with Gasteiger partial charge in [0.05, 0.1) is 61.3 Å². The van der Waals surface area contributed by atoms with Crippen molar-refractivity contribution < 1.29 is 23.7 Å². The van der Waals surface area contributed by atoms with Crippen LogP contribution < -0.4 is 29.1 Å². The van der Waals surface area contributed by atoms with Crippen molar-refractivity contribution in [2.75, 3.05) is 13.7 Å². The monoisotopic (exact) mass is 827 g/mol. The number of fused-ring (bicyclic) bond motifs is 1. The average molecular weight is 829 g/mol. The summed E-state index contributed by atoms with van der Waals surface area (Å²) in [5, 5.41) is 9.42. The molecule has 9 nitrogen and oxygen atoms in total. The van der Waals surface area contributed by atoms with Gasteiger partial charge in [-0.1, -0.05) is 35.6 Å². The first-order valence-electron chi connectivity index (χ1n) is 14.7. The van der Waals surface area contributed by atoms with Gasteiger partial charge in [-0.2, -0.15) is 5.26 Å². The number of esters is 1. The lowest BCUT2D eigenvalue weighted by molar-refractivity contribution is -0.139. The number of carbonyl (C=O) groups is 1. The number of thiazole rings is 1. The summed E-state index contributed by atoms with van der Waals surface area (Å²) < 4.78 is 26.6. The zero-order valence-corrected chi connectivity index (χ0v) is 30.9. The van der Waals surface area contributed by atoms with Crippen molar-refractivity contribution in [3.05, 3.63) is 116 Å². The number of ether oxygens (including phenoxy) is 4. The van der Waals surface area contributed by atoms with Crippen molar-refractivity contribution in [3.63, 3.8) is 0 Å². The highest BCUT2D eigenvalue weighted by molar-refractivity contribution is 14.1. The van der Waals surface area contributed by atoms with Gasteiger partial charge in [0, 0.05) is 5.56 Å². The summed E-state index contributed by atoms with van der Waals surface area (Å²) in [6, 6.07) is 17.9. The van der Waals surface area contributed by atoms with Gasteiger partial charge in [-0.05, 0) is 114 Å². The summed E-state index contributed by atoms with van der Waals surface area (Å²) >= 11 is 7.05. The fourth-order valence-corrected chi connectivity index (χ4v) is 7.99. The molecule has 47 heavy (non-hydrogen) atoms. The molecule has 4 aromatic rings. The first-order chi connectivity index (χ1) is 22.6. The van der Waals surface area contributed by atoms with E-state index in [1.807, 2.05) is 50.2 Å². The molecule has 0 amide bonds. The summed E-state index contributed by atoms with van der Waals surface area (Å²) in [6.07, 6.45) is 1.72. The van der Waals surface area contributed by atoms with Crippen molar-refractivity contribution in [2.24, 2.45) is 4.99 Å². The molecule has 5 rings (SSSR count). The van der Waals surface area contributed by atoms with Gasteiger partial charge in [-0.3, -0.25) is 9.36 Å². The summed E-state index contributed by atoms with van der Waals surface area (Å²) in [5.41, 5.74) is 3.22. The highest BCUT2D eigenvalue weighted by Crippen LogP contribution is 2.37. The number of nitriles is 1. The van der Waals surface area contributed by atoms with Crippen LogP contribution in [-0.2, 0) is 16.1 Å². The van der Waals surface area contributed by atoms with E-state index in [0.29, 0.717) is 47.9 Å². The van der Waals surface area contributed by atoms with E-state index in [1.54, 1.807) is 45.2 Å². The summed E-state index contributed by atoms with van der Waals surface area (Å²) in [7, 11) is 1.55. The number of nitrogens with zero attached hydrogens (tertiary/aromatic N) is 3. The zero-order chi connectivity index (χ0) is 33.8. The van der Waals surface area contributed by atoms with Gasteiger partial charge in [0.2, 0.25) is 0 Å². The van der Waals surface area contributed by atoms with Crippen LogP contribution in [0.15, 0.2) is 80.1 Å². The molecule has 0 spiro atoms. The molecule has 1 aliphatic rings. The van der Waals surface area contributed by atoms with Crippen LogP contribution in [0.5, 0.6) is 17.2 Å². The molecule has 1 aliphatic heterocycles. The maximum atomic E-state index is 14.1. The van der Waals surface area contributed by atoms with Gasteiger partial charge >= 0.3 is 5.97 Å². The van der Waals surface area contributed by atoms with Gasteiger partial charge in [0.15, 0.2) is 16.3 Å². The minimum atomic E-state index is -0.798. The van der Waals surface area contributed by atoms with Gasteiger partial charge < -0.3 is 18.9 Å². The highest BCUT2D eigenvalue weighted by Gasteiger charge is 2.34. The molecule has 0 saturated heterocycles. The minimum absolute atomic E-state index is 0.0753. The van der Waals surface area contributed by atoms with Crippen LogP contribution in [-0.4, -0.2) is 30.4 Å². The number of allylic oxidation sites excluding steroid dienone is 1. The third kappa shape index (κ3) is 7.32. The van der Waals surface area contributed by atoms with Crippen LogP contribution in [0.3, 0.4) is 0 Å². The summed E-state index contributed by atoms with van der Waals surface area (Å²) in [5.74, 6) is 1.12. The second-order valence-electron chi connectivity index (χ2n) is 10.8. The number of rotatable bonds is 10. The molecule has 0 N–H and O–H groups in total. The molecule has 0 bridgehead atoms. The lowest BCUT2D eigenvalue weighted by Gasteiger charge is -2.25. The average Bonchev–Trinajstić information content (AvgIpc) is 3.33. The molecule has 0 saturated carbocycles. The SMILES string of the molecule is CCOC(=O)C1=C(C)N=c2s/c(=C\c3cc(Br)c(OCc4ccccc4C#N)c(I)c3)c(=O)n2[C@@H]1c1ccc(OC(C)C)c(OC)c1. The number of halogens is 2. The third-order valence-corrected chi connectivity index (χ3v) is 9.58. The topological polar surface area (TPSA) is 112 Å². The number of carbonyl (C=O) groups excluding carboxylic acids is 1. The van der Waals surface area contributed by atoms with E-state index < -0.39 is 12.0 Å². The Morgan fingerprint density at radius 3 is 2.64 bits per heavy atom. The van der Waals surface area contributed by atoms with Gasteiger partial charge in [0.25, 0.3) is 5.56 Å². The number of hydrogen-bond donors (Lipinski definition) is 0. The van der Waals surface area contributed by atoms with E-state index in [9.17, 15) is 14.9 Å². The number of hydrogen-bond acceptors (Lipinski definition) is 9. The maximum absolute atomic E-state index is 14.1. The van der Waals surface area contributed by atoms with Crippen molar-refractivity contribution in [1.29, 1.82) is 5.26 Å². The van der Waals surface area contributed by atoms with Crippen LogP contribution in [0.4, 0.5) is 0 Å². The van der Waals surface area contributed by atoms with Crippen LogP contribution in [0, 0.1) is 14.9 Å². The number of aromatic nitrogens is 1. The van der Waals surface area contributed by atoms with Crippen molar-refractivity contribution in [1.82, 2.24) is 4.57 Å². The number of benzene rings is 3. The molecule has 2 heterocycles. The Labute approximate surface area is 298 Å². The second kappa shape index (κ2) is 14.9. The molecular formula is C35H31BrIN3O6S. The molecule has 242 valence electrons. The van der Waals surface area contributed by atoms with Gasteiger partial charge in [0.1, 0.15) is 12.4 Å². The van der Waals surface area contributed by atoms with E-state index in [1.165, 1.54) is 15.9 Å². The normalized spacial score (nSPS) is 14.4. The lowest BCUT2D eigenvalue weighted by atomic mass is 9.95. The molecule has 0 aliphatic carbocycles. The predicted octanol–water partition coefficient (Wildman–Crippen LogP) is 6.41. The van der Waals surface area contributed by atoms with E-state index >= 15 is 0 Å². The van der Waals surface area contributed by atoms with E-state index in [-0.39, 0.29) is 30.5 Å². The molecule has 0 unspecified atom stereocenters. The molecule has 3 aromatic carbocycles. The van der Waals surface area contributed by atoms with Crippen LogP contribution in [0.2, 0.25) is 0 Å². The molecule has 0 fully saturated rings. The van der Waals surface area contributed by atoms with Gasteiger partial charge in [-0.15, -0.1) is 0 Å². The zero-order valence-electron chi connectivity index (χ0n) is 26.3. The Morgan fingerprint density at radius 2 is 1.96 bits per heavy atom. The Morgan fingerprint density at radius 1 is 1.19 bits per heavy atom. The standard InChI is InChI=1S/C35H31BrIN3O6S/c1-6-44-34(42)30-20(4)39-35-40(31(30)22-11-12-27(46-19(2)3)28(16-22)43-5)33(41)29(47-35)15-21-13-25(36)32(26(37)14-21)45-18-24-10-8-7-9-23(24)17-38/h7-16,19,31H,6,18H2,1-5H3/b29-15-/t31-/m1/s1. The summed E-state index contributed by atoms with van der Waals surface area (Å²) in [6.45, 7) is 7.74. The molecule has 0 radical (unpaired) electrons. The Balaban J connectivity index is 1.58. The minimum Gasteiger partial charge on any atom is -0.493 e. The quantitative estimate of drug-likeness (QED) is 0.134. The first kappa shape index (κ1) is 34.4. The molecule has 1 atom stereocenters. The summed E-state index contributed by atoms with van der Waals surface area (Å²) in [4.78, 5) is 32.6. The van der Waals surface area contributed by atoms with Crippen LogP contribution >= 0.6 is 49.9 Å². The van der Waals surface area contributed by atoms with Crippen molar-refractivity contribution in [3.8, 4) is 23.3 Å². The fraction of sp³-hybridized carbons (Fsp3) is 0.257. The first-order valence-corrected chi connectivity index (χ1v) is 17.4. The Bertz CT molecular complexity index is 2090. The number of methoxy groups -OCH3 is 1. The van der Waals surface area contributed by atoms with Crippen LogP contribution in [0.25, 0.3) is 6.08 Å². The van der Waals surface area contributed by atoms with Gasteiger partial charge in [-0.25, -0.2) is 9.79 Å². The maximum Gasteiger partial charge on any atom is 0.338 e. The van der Waals surface area contributed by atoms with Crippen molar-refractivity contribution >= 4 is 61.9 Å². The third-order valence-electron chi connectivity index (χ3n) is 7.21. The second-order valence-corrected chi connectivity index (χ2v) is 13.8. The predicted molar refractivity (Wildman–Crippen MR) is 192 cm³/mol. The smallest absolute Gasteiger partial charge is 0.338 e. The Hall–Kier alpha value is -3.93. The largest absolute Gasteiger partial charge is 0.493 e. The highest BCUT2D eigenvalue weighted by atomic mass is 127.